The van der Waals surface area contributed by atoms with E-state index < -0.39 is 23.7 Å². The van der Waals surface area contributed by atoms with Gasteiger partial charge in [-0.2, -0.15) is 13.2 Å². The van der Waals surface area contributed by atoms with Crippen LogP contribution in [-0.2, 0) is 11.0 Å². The lowest BCUT2D eigenvalue weighted by molar-refractivity contribution is -0.140. The monoisotopic (exact) mass is 522 g/mol. The molecule has 2 amide bonds. The van der Waals surface area contributed by atoms with Gasteiger partial charge in [0.2, 0.25) is 0 Å². The summed E-state index contributed by atoms with van der Waals surface area (Å²) in [5.74, 6) is -0.582. The lowest BCUT2D eigenvalue weighted by Crippen LogP contribution is -2.45. The molecule has 0 aliphatic carbocycles. The number of carbonyl (C=O) groups excluding carboxylic acids is 2. The number of aromatic nitrogens is 3. The molecule has 0 saturated heterocycles. The second-order valence-corrected chi connectivity index (χ2v) is 8.67. The number of halogens is 3. The summed E-state index contributed by atoms with van der Waals surface area (Å²) >= 11 is 0.849. The van der Waals surface area contributed by atoms with Gasteiger partial charge in [0, 0.05) is 40.7 Å². The third kappa shape index (κ3) is 7.19. The molecule has 0 fully saturated rings. The van der Waals surface area contributed by atoms with Gasteiger partial charge in [-0.25, -0.2) is 9.97 Å². The molecular weight excluding hydrogens is 497 g/mol. The minimum atomic E-state index is -4.58. The van der Waals surface area contributed by atoms with Gasteiger partial charge in [0.15, 0.2) is 5.69 Å². The zero-order chi connectivity index (χ0) is 26.3. The van der Waals surface area contributed by atoms with Crippen LogP contribution in [0.15, 0.2) is 36.1 Å². The summed E-state index contributed by atoms with van der Waals surface area (Å²) in [7, 11) is 3.42. The second-order valence-electron chi connectivity index (χ2n) is 7.81. The highest BCUT2D eigenvalue weighted by Gasteiger charge is 2.34. The summed E-state index contributed by atoms with van der Waals surface area (Å²) in [6, 6.07) is 3.10. The van der Waals surface area contributed by atoms with Crippen LogP contribution in [0.5, 0.6) is 0 Å². The Kier molecular flexibility index (Phi) is 8.90. The number of anilines is 1. The van der Waals surface area contributed by atoms with Crippen molar-refractivity contribution >= 4 is 29.0 Å². The third-order valence-corrected chi connectivity index (χ3v) is 5.54. The van der Waals surface area contributed by atoms with Crippen LogP contribution in [0.2, 0.25) is 0 Å². The Labute approximate surface area is 209 Å². The number of pyridine rings is 2. The lowest BCUT2D eigenvalue weighted by Gasteiger charge is -2.13. The highest BCUT2D eigenvalue weighted by Crippen LogP contribution is 2.38. The van der Waals surface area contributed by atoms with Crippen LogP contribution in [0.25, 0.3) is 21.7 Å². The number of hydrogen-bond acceptors (Lipinski definition) is 9. The number of alkyl halides is 3. The van der Waals surface area contributed by atoms with Crippen molar-refractivity contribution in [2.24, 2.45) is 0 Å². The summed E-state index contributed by atoms with van der Waals surface area (Å²) < 4.78 is 39.6. The first-order chi connectivity index (χ1) is 17.1. The average molecular weight is 523 g/mol. The van der Waals surface area contributed by atoms with Gasteiger partial charge in [-0.05, 0) is 32.8 Å². The van der Waals surface area contributed by atoms with Crippen LogP contribution in [0.1, 0.15) is 23.0 Å². The molecular formula is C22H25F3N8O2S. The number of nitrogens with one attached hydrogen (secondary N) is 4. The molecule has 192 valence electrons. The Morgan fingerprint density at radius 2 is 1.86 bits per heavy atom. The van der Waals surface area contributed by atoms with Crippen LogP contribution in [0.3, 0.4) is 0 Å². The maximum atomic E-state index is 13.2. The van der Waals surface area contributed by atoms with Crippen LogP contribution in [0.4, 0.5) is 19.0 Å². The van der Waals surface area contributed by atoms with E-state index in [1.54, 1.807) is 25.1 Å². The molecule has 0 saturated carbocycles. The Bertz CT molecular complexity index is 1220. The first kappa shape index (κ1) is 27.0. The van der Waals surface area contributed by atoms with Crippen LogP contribution < -0.4 is 21.5 Å². The summed E-state index contributed by atoms with van der Waals surface area (Å²) in [4.78, 5) is 38.2. The highest BCUT2D eigenvalue weighted by atomic mass is 32.1. The normalized spacial score (nSPS) is 11.4. The molecule has 14 heteroatoms. The fourth-order valence-corrected chi connectivity index (χ4v) is 3.86. The van der Waals surface area contributed by atoms with Gasteiger partial charge in [-0.1, -0.05) is 6.92 Å². The van der Waals surface area contributed by atoms with Gasteiger partial charge >= 0.3 is 6.18 Å². The predicted octanol–water partition coefficient (Wildman–Crippen LogP) is 2.59. The second kappa shape index (κ2) is 11.9. The Balaban J connectivity index is 1.93. The number of hydrogen-bond donors (Lipinski definition) is 4. The molecule has 0 unspecified atom stereocenters. The highest BCUT2D eigenvalue weighted by molar-refractivity contribution is 7.13. The van der Waals surface area contributed by atoms with Crippen LogP contribution in [0, 0.1) is 0 Å². The van der Waals surface area contributed by atoms with E-state index in [-0.39, 0.29) is 17.1 Å². The van der Waals surface area contributed by atoms with E-state index in [1.807, 2.05) is 6.92 Å². The van der Waals surface area contributed by atoms with Crippen molar-refractivity contribution in [3.63, 3.8) is 0 Å². The van der Waals surface area contributed by atoms with Gasteiger partial charge in [-0.15, -0.1) is 11.3 Å². The first-order valence-corrected chi connectivity index (χ1v) is 11.6. The molecule has 0 aliphatic rings. The number of likely N-dealkylation sites (N-methyl/N-ethyl adjacent to an activating group) is 1. The molecule has 0 spiro atoms. The zero-order valence-electron chi connectivity index (χ0n) is 19.7. The standard InChI is InChI=1S/C22H25F3N8O2S/c1-4-26-12-29-18-6-15(21-30-17(11-36-21)22(23,24)25)16(9-28-18)13-5-14(8-27-7-13)20(35)32-31-19(34)10-33(2)3/h5-9,11,26H,4,10,12H2,1-3H3,(H,28,29)(H,31,34)(H,32,35). The molecule has 0 atom stereocenters. The molecule has 0 aromatic carbocycles. The van der Waals surface area contributed by atoms with Gasteiger partial charge in [0.05, 0.1) is 18.8 Å². The quantitative estimate of drug-likeness (QED) is 0.192. The fraction of sp³-hybridized carbons (Fsp3) is 0.318. The predicted molar refractivity (Wildman–Crippen MR) is 130 cm³/mol. The van der Waals surface area contributed by atoms with Crippen molar-refractivity contribution < 1.29 is 22.8 Å². The number of rotatable bonds is 9. The summed E-state index contributed by atoms with van der Waals surface area (Å²) in [5, 5.41) is 7.21. The third-order valence-electron chi connectivity index (χ3n) is 4.66. The van der Waals surface area contributed by atoms with Crippen molar-refractivity contribution in [1.29, 1.82) is 0 Å². The Hall–Kier alpha value is -3.62. The summed E-state index contributed by atoms with van der Waals surface area (Å²) in [6.45, 7) is 3.14. The molecule has 0 bridgehead atoms. The fourth-order valence-electron chi connectivity index (χ4n) is 3.00. The number of thiazole rings is 1. The topological polar surface area (TPSA) is 124 Å². The minimum absolute atomic E-state index is 0.0789. The minimum Gasteiger partial charge on any atom is -0.357 e. The average Bonchev–Trinajstić information content (AvgIpc) is 3.33. The van der Waals surface area contributed by atoms with E-state index in [9.17, 15) is 22.8 Å². The summed E-state index contributed by atoms with van der Waals surface area (Å²) in [5.41, 5.74) is 5.03. The molecule has 4 N–H and O–H groups in total. The smallest absolute Gasteiger partial charge is 0.357 e. The molecule has 10 nitrogen and oxygen atoms in total. The molecule has 0 radical (unpaired) electrons. The molecule has 3 aromatic rings. The number of hydrazine groups is 1. The summed E-state index contributed by atoms with van der Waals surface area (Å²) in [6.07, 6.45) is -0.325. The van der Waals surface area contributed by atoms with Crippen molar-refractivity contribution in [1.82, 2.24) is 36.0 Å². The Morgan fingerprint density at radius 3 is 2.53 bits per heavy atom. The number of carbonyl (C=O) groups is 2. The Morgan fingerprint density at radius 1 is 1.08 bits per heavy atom. The van der Waals surface area contributed by atoms with Crippen molar-refractivity contribution in [3.8, 4) is 21.7 Å². The molecule has 36 heavy (non-hydrogen) atoms. The maximum Gasteiger partial charge on any atom is 0.434 e. The van der Waals surface area contributed by atoms with Crippen LogP contribution in [-0.4, -0.2) is 65.5 Å². The SMILES string of the molecule is CCNCNc1cc(-c2nc(C(F)(F)F)cs2)c(-c2cncc(C(=O)NNC(=O)CN(C)C)c2)cn1. The van der Waals surface area contributed by atoms with Gasteiger partial charge < -0.3 is 15.5 Å². The van der Waals surface area contributed by atoms with Crippen molar-refractivity contribution in [2.45, 2.75) is 13.1 Å². The largest absolute Gasteiger partial charge is 0.434 e. The van der Waals surface area contributed by atoms with E-state index in [4.69, 9.17) is 0 Å². The first-order valence-electron chi connectivity index (χ1n) is 10.8. The van der Waals surface area contributed by atoms with E-state index in [0.29, 0.717) is 29.2 Å². The van der Waals surface area contributed by atoms with E-state index in [2.05, 4.69) is 36.4 Å². The molecule has 3 heterocycles. The van der Waals surface area contributed by atoms with Crippen molar-refractivity contribution in [3.05, 3.63) is 47.4 Å². The zero-order valence-corrected chi connectivity index (χ0v) is 20.5. The van der Waals surface area contributed by atoms with E-state index in [0.717, 1.165) is 23.3 Å². The molecule has 0 aliphatic heterocycles. The number of amides is 2. The lowest BCUT2D eigenvalue weighted by atomic mass is 10.0. The van der Waals surface area contributed by atoms with Gasteiger partial charge in [-0.3, -0.25) is 25.4 Å². The molecule has 3 aromatic heterocycles. The maximum absolute atomic E-state index is 13.2. The van der Waals surface area contributed by atoms with Crippen LogP contribution >= 0.6 is 11.3 Å². The van der Waals surface area contributed by atoms with E-state index in [1.165, 1.54) is 24.7 Å². The van der Waals surface area contributed by atoms with Gasteiger partial charge in [0.1, 0.15) is 10.8 Å². The van der Waals surface area contributed by atoms with E-state index >= 15 is 0 Å². The molecule has 3 rings (SSSR count). The number of nitrogens with zero attached hydrogens (tertiary/aromatic N) is 4. The van der Waals surface area contributed by atoms with Gasteiger partial charge in [0.25, 0.3) is 11.8 Å². The van der Waals surface area contributed by atoms with Crippen molar-refractivity contribution in [2.75, 3.05) is 39.2 Å².